The van der Waals surface area contributed by atoms with Crippen molar-refractivity contribution in [3.8, 4) is 0 Å². The summed E-state index contributed by atoms with van der Waals surface area (Å²) in [6.07, 6.45) is 0. The maximum atomic E-state index is 3.67. The summed E-state index contributed by atoms with van der Waals surface area (Å²) in [6.45, 7) is 14.4. The van der Waals surface area contributed by atoms with Gasteiger partial charge in [0.2, 0.25) is 0 Å². The summed E-state index contributed by atoms with van der Waals surface area (Å²) in [5, 5.41) is 29.8. The highest BCUT2D eigenvalue weighted by atomic mass is 15.2. The molecule has 0 aromatic heterocycles. The van der Waals surface area contributed by atoms with E-state index in [9.17, 15) is 0 Å². The van der Waals surface area contributed by atoms with Gasteiger partial charge in [0.15, 0.2) is 0 Å². The molecule has 0 bridgehead atoms. The van der Waals surface area contributed by atoms with Crippen molar-refractivity contribution in [3.05, 3.63) is 144 Å². The Balaban J connectivity index is 0.868. The van der Waals surface area contributed by atoms with Crippen LogP contribution in [0, 0.1) is 0 Å². The van der Waals surface area contributed by atoms with Crippen LogP contribution in [-0.4, -0.2) is 83.4 Å². The maximum Gasteiger partial charge on any atom is 0.0212 e. The topological polar surface area (TPSA) is 75.4 Å². The highest BCUT2D eigenvalue weighted by Crippen LogP contribution is 2.20. The third-order valence-electron chi connectivity index (χ3n) is 9.84. The molecular weight excluding hydrogens is 639 g/mol. The second-order valence-corrected chi connectivity index (χ2v) is 13.5. The molecule has 0 amide bonds. The monoisotopic (exact) mass is 695 g/mol. The van der Waals surface area contributed by atoms with Gasteiger partial charge in [-0.05, 0) is 49.0 Å². The molecule has 6 aromatic rings. The fraction of sp³-hybridized carbons (Fsp3) is 0.333. The number of nitrogens with zero attached hydrogens (tertiary/aromatic N) is 1. The molecule has 6 N–H and O–H groups in total. The highest BCUT2D eigenvalue weighted by Gasteiger charge is 2.06. The third-order valence-corrected chi connectivity index (χ3v) is 9.84. The van der Waals surface area contributed by atoms with Crippen LogP contribution >= 0.6 is 0 Å². The molecule has 0 aliphatic carbocycles. The van der Waals surface area contributed by atoms with Crippen molar-refractivity contribution in [2.75, 3.05) is 78.5 Å². The summed E-state index contributed by atoms with van der Waals surface area (Å²) in [4.78, 5) is 2.57. The number of benzene rings is 6. The molecule has 7 heteroatoms. The fourth-order valence-electron chi connectivity index (χ4n) is 6.96. The molecule has 0 aliphatic heterocycles. The van der Waals surface area contributed by atoms with Crippen LogP contribution in [0.15, 0.2) is 127 Å². The van der Waals surface area contributed by atoms with Gasteiger partial charge in [0, 0.05) is 98.2 Å². The molecule has 0 atom stereocenters. The van der Waals surface area contributed by atoms with Gasteiger partial charge in [-0.2, -0.15) is 0 Å². The van der Waals surface area contributed by atoms with E-state index in [1.807, 2.05) is 0 Å². The molecule has 7 nitrogen and oxygen atoms in total. The van der Waals surface area contributed by atoms with Gasteiger partial charge in [0.05, 0.1) is 0 Å². The van der Waals surface area contributed by atoms with Gasteiger partial charge >= 0.3 is 0 Å². The van der Waals surface area contributed by atoms with Gasteiger partial charge in [-0.25, -0.2) is 0 Å². The van der Waals surface area contributed by atoms with Gasteiger partial charge in [0.25, 0.3) is 0 Å². The van der Waals surface area contributed by atoms with E-state index >= 15 is 0 Å². The molecule has 0 radical (unpaired) electrons. The molecule has 0 saturated heterocycles. The van der Waals surface area contributed by atoms with E-state index in [2.05, 4.69) is 164 Å². The third kappa shape index (κ3) is 11.7. The van der Waals surface area contributed by atoms with Crippen LogP contribution in [0.5, 0.6) is 0 Å². The zero-order chi connectivity index (χ0) is 35.5. The van der Waals surface area contributed by atoms with Crippen molar-refractivity contribution in [2.45, 2.75) is 19.6 Å². The van der Waals surface area contributed by atoms with Crippen LogP contribution in [0.2, 0.25) is 0 Å². The van der Waals surface area contributed by atoms with E-state index < -0.39 is 0 Å². The Hall–Kier alpha value is -4.18. The summed E-state index contributed by atoms with van der Waals surface area (Å²) >= 11 is 0. The Kier molecular flexibility index (Phi) is 15.4. The molecule has 0 saturated carbocycles. The normalized spacial score (nSPS) is 11.7. The van der Waals surface area contributed by atoms with Crippen LogP contribution in [0.3, 0.4) is 0 Å². The Bertz CT molecular complexity index is 1690. The van der Waals surface area contributed by atoms with Crippen LogP contribution in [0.25, 0.3) is 32.3 Å². The van der Waals surface area contributed by atoms with Crippen molar-refractivity contribution in [2.24, 2.45) is 0 Å². The number of fused-ring (bicyclic) bond motifs is 3. The standard InChI is InChI=1S/C45H57N7/c1-4-19-43-37(10-1)13-7-16-40(43)34-49-25-22-46-28-31-52(32-29-47-23-26-50-35-41-17-8-14-38-11-2-5-20-44(38)41)33-30-48-24-27-51-36-42-18-9-15-39-12-3-6-21-45(39)42/h1-21,46-51H,22-36H2. The van der Waals surface area contributed by atoms with E-state index in [-0.39, 0.29) is 0 Å². The van der Waals surface area contributed by atoms with E-state index in [4.69, 9.17) is 0 Å². The van der Waals surface area contributed by atoms with Gasteiger partial charge in [-0.3, -0.25) is 4.90 Å². The van der Waals surface area contributed by atoms with Crippen molar-refractivity contribution in [3.63, 3.8) is 0 Å². The van der Waals surface area contributed by atoms with Crippen molar-refractivity contribution < 1.29 is 0 Å². The van der Waals surface area contributed by atoms with Gasteiger partial charge in [-0.15, -0.1) is 0 Å². The number of hydrogen-bond donors (Lipinski definition) is 6. The van der Waals surface area contributed by atoms with E-state index in [1.54, 1.807) is 0 Å². The molecule has 0 spiro atoms. The fourth-order valence-corrected chi connectivity index (χ4v) is 6.96. The Labute approximate surface area is 310 Å². The molecule has 0 aliphatic rings. The average Bonchev–Trinajstić information content (AvgIpc) is 3.19. The second kappa shape index (κ2) is 21.4. The Morgan fingerprint density at radius 1 is 0.288 bits per heavy atom. The first kappa shape index (κ1) is 37.6. The lowest BCUT2D eigenvalue weighted by Crippen LogP contribution is -2.42. The number of nitrogens with one attached hydrogen (secondary N) is 6. The summed E-state index contributed by atoms with van der Waals surface area (Å²) in [7, 11) is 0. The minimum absolute atomic E-state index is 0.889. The van der Waals surface area contributed by atoms with Gasteiger partial charge in [0.1, 0.15) is 0 Å². The predicted molar refractivity (Wildman–Crippen MR) is 222 cm³/mol. The predicted octanol–water partition coefficient (Wildman–Crippen LogP) is 5.89. The molecule has 52 heavy (non-hydrogen) atoms. The molecule has 6 rings (SSSR count). The Morgan fingerprint density at radius 2 is 0.577 bits per heavy atom. The summed E-state index contributed by atoms with van der Waals surface area (Å²) in [5.74, 6) is 0. The maximum absolute atomic E-state index is 3.67. The summed E-state index contributed by atoms with van der Waals surface area (Å²) in [5.41, 5.74) is 4.07. The van der Waals surface area contributed by atoms with Crippen molar-refractivity contribution in [1.82, 2.24) is 36.8 Å². The molecule has 6 aromatic carbocycles. The zero-order valence-corrected chi connectivity index (χ0v) is 30.7. The van der Waals surface area contributed by atoms with Crippen molar-refractivity contribution in [1.29, 1.82) is 0 Å². The minimum Gasteiger partial charge on any atom is -0.314 e. The molecular formula is C45H57N7. The van der Waals surface area contributed by atoms with Crippen molar-refractivity contribution >= 4 is 32.3 Å². The Morgan fingerprint density at radius 3 is 0.923 bits per heavy atom. The van der Waals surface area contributed by atoms with E-state index in [0.29, 0.717) is 0 Å². The molecule has 272 valence electrons. The minimum atomic E-state index is 0.889. The van der Waals surface area contributed by atoms with E-state index in [0.717, 1.165) is 98.2 Å². The number of hydrogen-bond acceptors (Lipinski definition) is 7. The molecule has 0 heterocycles. The van der Waals surface area contributed by atoms with Crippen LogP contribution in [0.1, 0.15) is 16.7 Å². The number of rotatable bonds is 24. The van der Waals surface area contributed by atoms with Crippen LogP contribution < -0.4 is 31.9 Å². The largest absolute Gasteiger partial charge is 0.314 e. The SMILES string of the molecule is c1ccc2c(CNCCNCCN(CCNCCNCc3cccc4ccccc34)CCNCCNCc3cccc4ccccc34)cccc2c1. The van der Waals surface area contributed by atoms with Crippen LogP contribution in [0.4, 0.5) is 0 Å². The quantitative estimate of drug-likeness (QED) is 0.0442. The first-order valence-electron chi connectivity index (χ1n) is 19.2. The highest BCUT2D eigenvalue weighted by molar-refractivity contribution is 5.87. The van der Waals surface area contributed by atoms with Gasteiger partial charge in [-0.1, -0.05) is 127 Å². The molecule has 0 unspecified atom stereocenters. The first-order chi connectivity index (χ1) is 25.8. The summed E-state index contributed by atoms with van der Waals surface area (Å²) < 4.78 is 0. The van der Waals surface area contributed by atoms with Crippen LogP contribution in [-0.2, 0) is 19.6 Å². The first-order valence-corrected chi connectivity index (χ1v) is 19.2. The lowest BCUT2D eigenvalue weighted by atomic mass is 10.0. The lowest BCUT2D eigenvalue weighted by molar-refractivity contribution is 0.272. The lowest BCUT2D eigenvalue weighted by Gasteiger charge is -2.23. The second-order valence-electron chi connectivity index (χ2n) is 13.5. The molecule has 0 fully saturated rings. The zero-order valence-electron chi connectivity index (χ0n) is 30.7. The average molecular weight is 696 g/mol. The smallest absolute Gasteiger partial charge is 0.0212 e. The summed E-state index contributed by atoms with van der Waals surface area (Å²) in [6, 6.07) is 45.6. The van der Waals surface area contributed by atoms with Gasteiger partial charge < -0.3 is 31.9 Å². The van der Waals surface area contributed by atoms with E-state index in [1.165, 1.54) is 49.0 Å².